The van der Waals surface area contributed by atoms with Crippen LogP contribution in [0.3, 0.4) is 0 Å². The third kappa shape index (κ3) is 6.02. The minimum absolute atomic E-state index is 0.119. The summed E-state index contributed by atoms with van der Waals surface area (Å²) in [6.45, 7) is 3.80. The summed E-state index contributed by atoms with van der Waals surface area (Å²) in [6, 6.07) is 8.77. The average Bonchev–Trinajstić information content (AvgIpc) is 3.10. The van der Waals surface area contributed by atoms with Gasteiger partial charge in [-0.2, -0.15) is 0 Å². The Morgan fingerprint density at radius 3 is 2.69 bits per heavy atom. The lowest BCUT2D eigenvalue weighted by atomic mass is 10.1. The zero-order chi connectivity index (χ0) is 23.3. The van der Waals surface area contributed by atoms with Crippen molar-refractivity contribution in [2.24, 2.45) is 4.99 Å². The summed E-state index contributed by atoms with van der Waals surface area (Å²) < 4.78 is 23.2. The van der Waals surface area contributed by atoms with E-state index in [0.717, 1.165) is 8.04 Å². The van der Waals surface area contributed by atoms with E-state index >= 15 is 0 Å². The molecule has 0 bridgehead atoms. The summed E-state index contributed by atoms with van der Waals surface area (Å²) in [5, 5.41) is 0.212. The van der Waals surface area contributed by atoms with Crippen LogP contribution in [0.4, 0.5) is 0 Å². The molecule has 168 valence electrons. The van der Waals surface area contributed by atoms with Gasteiger partial charge in [-0.05, 0) is 94.3 Å². The highest BCUT2D eigenvalue weighted by atomic mass is 127. The first-order valence-electron chi connectivity index (χ1n) is 9.55. The van der Waals surface area contributed by atoms with Crippen LogP contribution in [-0.4, -0.2) is 37.7 Å². The van der Waals surface area contributed by atoms with Gasteiger partial charge in [0.15, 0.2) is 23.8 Å². The van der Waals surface area contributed by atoms with Gasteiger partial charge in [0.25, 0.3) is 0 Å². The van der Waals surface area contributed by atoms with Crippen LogP contribution in [0.25, 0.3) is 6.08 Å². The van der Waals surface area contributed by atoms with Crippen molar-refractivity contribution in [1.29, 1.82) is 0 Å². The first kappa shape index (κ1) is 24.5. The van der Waals surface area contributed by atoms with Crippen molar-refractivity contribution >= 4 is 74.0 Å². The molecule has 0 aromatic heterocycles. The highest BCUT2D eigenvalue weighted by Crippen LogP contribution is 2.37. The molecule has 2 aromatic rings. The third-order valence-electron chi connectivity index (χ3n) is 4.06. The monoisotopic (exact) mass is 633 g/mol. The van der Waals surface area contributed by atoms with Crippen LogP contribution in [0.5, 0.6) is 11.5 Å². The summed E-state index contributed by atoms with van der Waals surface area (Å²) in [5.41, 5.74) is 1.35. The minimum Gasteiger partial charge on any atom is -0.490 e. The van der Waals surface area contributed by atoms with Gasteiger partial charge in [-0.25, -0.2) is 14.6 Å². The Labute approximate surface area is 212 Å². The predicted octanol–water partition coefficient (Wildman–Crippen LogP) is 5.39. The zero-order valence-corrected chi connectivity index (χ0v) is 21.6. The molecular weight excluding hydrogens is 617 g/mol. The van der Waals surface area contributed by atoms with Gasteiger partial charge in [-0.15, -0.1) is 0 Å². The lowest BCUT2D eigenvalue weighted by Crippen LogP contribution is -2.15. The molecule has 0 amide bonds. The second-order valence-corrected chi connectivity index (χ2v) is 8.75. The summed E-state index contributed by atoms with van der Waals surface area (Å²) in [7, 11) is 0. The molecule has 7 nitrogen and oxygen atoms in total. The van der Waals surface area contributed by atoms with Crippen molar-refractivity contribution in [2.75, 3.05) is 19.8 Å². The Kier molecular flexibility index (Phi) is 8.55. The summed E-state index contributed by atoms with van der Waals surface area (Å²) in [6.07, 6.45) is 1.54. The Morgan fingerprint density at radius 2 is 2.00 bits per heavy atom. The van der Waals surface area contributed by atoms with Crippen molar-refractivity contribution in [3.05, 3.63) is 60.2 Å². The standard InChI is InChI=1S/C22H18BrClINO6/c1-3-29-18-9-12(7-15(24)20(18)31-11-19(27)30-4-2)8-17-22(28)32-21(26-17)13-5-6-16(25)14(23)10-13/h5-10H,3-4,11H2,1-2H3/b17-8-. The maximum Gasteiger partial charge on any atom is 0.363 e. The van der Waals surface area contributed by atoms with Gasteiger partial charge in [-0.3, -0.25) is 0 Å². The first-order chi connectivity index (χ1) is 15.3. The number of carbonyl (C=O) groups excluding carboxylic acids is 2. The van der Waals surface area contributed by atoms with Gasteiger partial charge >= 0.3 is 11.9 Å². The second-order valence-electron chi connectivity index (χ2n) is 6.32. The number of halogens is 3. The quantitative estimate of drug-likeness (QED) is 0.220. The zero-order valence-electron chi connectivity index (χ0n) is 17.1. The van der Waals surface area contributed by atoms with Crippen LogP contribution >= 0.6 is 50.1 Å². The largest absolute Gasteiger partial charge is 0.490 e. The maximum atomic E-state index is 12.4. The Hall–Kier alpha value is -2.11. The number of benzene rings is 2. The van der Waals surface area contributed by atoms with Crippen molar-refractivity contribution in [3.8, 4) is 11.5 Å². The summed E-state index contributed by atoms with van der Waals surface area (Å²) in [5.74, 6) is -0.343. The van der Waals surface area contributed by atoms with Crippen LogP contribution < -0.4 is 9.47 Å². The van der Waals surface area contributed by atoms with Gasteiger partial charge in [0.05, 0.1) is 18.2 Å². The van der Waals surface area contributed by atoms with Crippen LogP contribution in [0.2, 0.25) is 5.02 Å². The lowest BCUT2D eigenvalue weighted by Gasteiger charge is -2.14. The fourth-order valence-electron chi connectivity index (χ4n) is 2.73. The lowest BCUT2D eigenvalue weighted by molar-refractivity contribution is -0.145. The molecule has 3 rings (SSSR count). The van der Waals surface area contributed by atoms with Crippen molar-refractivity contribution in [1.82, 2.24) is 0 Å². The van der Waals surface area contributed by atoms with E-state index in [1.807, 2.05) is 18.2 Å². The van der Waals surface area contributed by atoms with Gasteiger partial charge in [0.2, 0.25) is 5.90 Å². The first-order valence-corrected chi connectivity index (χ1v) is 11.8. The van der Waals surface area contributed by atoms with E-state index in [2.05, 4.69) is 43.5 Å². The number of rotatable bonds is 8. The molecule has 1 aliphatic rings. The molecule has 0 unspecified atom stereocenters. The third-order valence-corrected chi connectivity index (χ3v) is 6.68. The van der Waals surface area contributed by atoms with Crippen LogP contribution in [-0.2, 0) is 19.1 Å². The van der Waals surface area contributed by atoms with Crippen molar-refractivity contribution in [2.45, 2.75) is 13.8 Å². The molecule has 0 radical (unpaired) electrons. The molecule has 0 fully saturated rings. The van der Waals surface area contributed by atoms with Crippen molar-refractivity contribution in [3.63, 3.8) is 0 Å². The van der Waals surface area contributed by atoms with Gasteiger partial charge < -0.3 is 18.9 Å². The van der Waals surface area contributed by atoms with E-state index in [1.54, 1.807) is 32.1 Å². The molecule has 32 heavy (non-hydrogen) atoms. The molecule has 0 atom stereocenters. The van der Waals surface area contributed by atoms with Crippen LogP contribution in [0.15, 0.2) is 45.5 Å². The fourth-order valence-corrected chi connectivity index (χ4v) is 3.72. The van der Waals surface area contributed by atoms with E-state index < -0.39 is 11.9 Å². The van der Waals surface area contributed by atoms with E-state index in [0.29, 0.717) is 23.5 Å². The molecule has 2 aromatic carbocycles. The van der Waals surface area contributed by atoms with Crippen molar-refractivity contribution < 1.29 is 28.5 Å². The molecule has 1 heterocycles. The van der Waals surface area contributed by atoms with E-state index in [-0.39, 0.29) is 35.6 Å². The number of esters is 2. The number of hydrogen-bond acceptors (Lipinski definition) is 7. The number of cyclic esters (lactones) is 1. The Balaban J connectivity index is 1.89. The second kappa shape index (κ2) is 11.2. The molecule has 0 aliphatic carbocycles. The van der Waals surface area contributed by atoms with Gasteiger partial charge in [0, 0.05) is 13.6 Å². The van der Waals surface area contributed by atoms with E-state index in [4.69, 9.17) is 30.5 Å². The maximum absolute atomic E-state index is 12.4. The number of aliphatic imine (C=N–C) groups is 1. The Morgan fingerprint density at radius 1 is 1.22 bits per heavy atom. The van der Waals surface area contributed by atoms with Gasteiger partial charge in [-0.1, -0.05) is 11.6 Å². The SMILES string of the molecule is CCOC(=O)COc1c(Cl)cc(/C=C2\N=C(c3ccc(I)c(Br)c3)OC2=O)cc1OCC. The number of nitrogens with zero attached hydrogens (tertiary/aromatic N) is 1. The topological polar surface area (TPSA) is 83.4 Å². The highest BCUT2D eigenvalue weighted by Gasteiger charge is 2.25. The molecular formula is C22H18BrClINO6. The Bertz CT molecular complexity index is 1120. The van der Waals surface area contributed by atoms with E-state index in [1.165, 1.54) is 0 Å². The minimum atomic E-state index is -0.577. The summed E-state index contributed by atoms with van der Waals surface area (Å²) in [4.78, 5) is 28.3. The highest BCUT2D eigenvalue weighted by molar-refractivity contribution is 14.1. The van der Waals surface area contributed by atoms with E-state index in [9.17, 15) is 9.59 Å². The van der Waals surface area contributed by atoms with Gasteiger partial charge in [0.1, 0.15) is 0 Å². The number of ether oxygens (including phenoxy) is 4. The summed E-state index contributed by atoms with van der Waals surface area (Å²) >= 11 is 12.0. The molecule has 1 aliphatic heterocycles. The molecule has 10 heteroatoms. The molecule has 0 saturated carbocycles. The smallest absolute Gasteiger partial charge is 0.363 e. The molecule has 0 saturated heterocycles. The van der Waals surface area contributed by atoms with Crippen LogP contribution in [0, 0.1) is 3.57 Å². The number of hydrogen-bond donors (Lipinski definition) is 0. The average molecular weight is 635 g/mol. The fraction of sp³-hybridized carbons (Fsp3) is 0.227. The number of carbonyl (C=O) groups is 2. The predicted molar refractivity (Wildman–Crippen MR) is 132 cm³/mol. The normalized spacial score (nSPS) is 14.2. The molecule has 0 N–H and O–H groups in total. The molecule has 0 spiro atoms. The van der Waals surface area contributed by atoms with Crippen LogP contribution in [0.1, 0.15) is 25.0 Å².